The highest BCUT2D eigenvalue weighted by Gasteiger charge is 2.13. The molecule has 0 aliphatic heterocycles. The van der Waals surface area contributed by atoms with Gasteiger partial charge in [0.15, 0.2) is 5.69 Å². The van der Waals surface area contributed by atoms with Crippen LogP contribution < -0.4 is 10.1 Å². The van der Waals surface area contributed by atoms with Crippen LogP contribution in [0.2, 0.25) is 5.02 Å². The number of benzene rings is 2. The van der Waals surface area contributed by atoms with Gasteiger partial charge in [-0.25, -0.2) is 9.07 Å². The summed E-state index contributed by atoms with van der Waals surface area (Å²) in [5.41, 5.74) is 1.16. The minimum Gasteiger partial charge on any atom is -0.497 e. The second-order valence-electron chi connectivity index (χ2n) is 4.93. The molecule has 0 atom stereocenters. The number of methoxy groups -OCH3 is 1. The first-order valence-electron chi connectivity index (χ1n) is 7.03. The fourth-order valence-corrected chi connectivity index (χ4v) is 2.34. The molecule has 7 heteroatoms. The minimum absolute atomic E-state index is 0.186. The summed E-state index contributed by atoms with van der Waals surface area (Å²) in [5.74, 6) is -0.204. The molecule has 0 fully saturated rings. The van der Waals surface area contributed by atoms with Crippen molar-refractivity contribution in [1.29, 1.82) is 0 Å². The summed E-state index contributed by atoms with van der Waals surface area (Å²) in [6, 6.07) is 12.4. The van der Waals surface area contributed by atoms with E-state index in [1.807, 2.05) is 0 Å². The molecule has 0 aliphatic rings. The number of nitrogens with one attached hydrogen (secondary N) is 1. The number of anilines is 1. The lowest BCUT2D eigenvalue weighted by molar-refractivity contribution is 0.102. The fourth-order valence-electron chi connectivity index (χ4n) is 2.12. The van der Waals surface area contributed by atoms with Crippen molar-refractivity contribution in [2.24, 2.45) is 0 Å². The van der Waals surface area contributed by atoms with E-state index in [0.717, 1.165) is 0 Å². The van der Waals surface area contributed by atoms with E-state index in [-0.39, 0.29) is 11.5 Å². The maximum atomic E-state index is 13.3. The van der Waals surface area contributed by atoms with Crippen LogP contribution in [-0.2, 0) is 0 Å². The monoisotopic (exact) mass is 345 g/mol. The van der Waals surface area contributed by atoms with Gasteiger partial charge in [0.2, 0.25) is 0 Å². The highest BCUT2D eigenvalue weighted by Crippen LogP contribution is 2.27. The van der Waals surface area contributed by atoms with E-state index in [2.05, 4.69) is 10.4 Å². The molecule has 1 heterocycles. The molecule has 5 nitrogen and oxygen atoms in total. The predicted octanol–water partition coefficient (Wildman–Crippen LogP) is 3.93. The zero-order valence-electron chi connectivity index (χ0n) is 12.7. The Hall–Kier alpha value is -2.86. The van der Waals surface area contributed by atoms with Crippen LogP contribution in [0.3, 0.4) is 0 Å². The average Bonchev–Trinajstić information content (AvgIpc) is 3.07. The zero-order chi connectivity index (χ0) is 17.1. The molecule has 1 amide bonds. The molecular weight excluding hydrogens is 333 g/mol. The van der Waals surface area contributed by atoms with Crippen molar-refractivity contribution in [3.05, 3.63) is 71.3 Å². The standard InChI is InChI=1S/C17H13ClFN3O2/c1-24-13-5-6-15(14(18)10-13)20-17(23)16-7-8-22(21-16)12-4-2-3-11(19)9-12/h2-10H,1H3,(H,20,23). The van der Waals surface area contributed by atoms with Gasteiger partial charge in [-0.05, 0) is 36.4 Å². The van der Waals surface area contributed by atoms with Crippen LogP contribution in [-0.4, -0.2) is 22.8 Å². The number of rotatable bonds is 4. The third-order valence-electron chi connectivity index (χ3n) is 3.32. The fraction of sp³-hybridized carbons (Fsp3) is 0.0588. The van der Waals surface area contributed by atoms with E-state index < -0.39 is 5.91 Å². The van der Waals surface area contributed by atoms with Crippen molar-refractivity contribution >= 4 is 23.2 Å². The number of hydrogen-bond donors (Lipinski definition) is 1. The van der Waals surface area contributed by atoms with E-state index in [0.29, 0.717) is 22.1 Å². The summed E-state index contributed by atoms with van der Waals surface area (Å²) in [4.78, 5) is 12.3. The van der Waals surface area contributed by atoms with Gasteiger partial charge in [0.05, 0.1) is 23.5 Å². The Bertz CT molecular complexity index is 895. The number of carbonyl (C=O) groups excluding carboxylic acids is 1. The number of hydrogen-bond acceptors (Lipinski definition) is 3. The van der Waals surface area contributed by atoms with Crippen LogP contribution >= 0.6 is 11.6 Å². The molecule has 0 saturated heterocycles. The minimum atomic E-state index is -0.419. The highest BCUT2D eigenvalue weighted by atomic mass is 35.5. The van der Waals surface area contributed by atoms with Crippen LogP contribution in [0.25, 0.3) is 5.69 Å². The van der Waals surface area contributed by atoms with E-state index in [1.165, 1.54) is 30.0 Å². The Morgan fingerprint density at radius 3 is 2.79 bits per heavy atom. The molecule has 1 N–H and O–H groups in total. The number of nitrogens with zero attached hydrogens (tertiary/aromatic N) is 2. The highest BCUT2D eigenvalue weighted by molar-refractivity contribution is 6.34. The molecule has 1 aromatic heterocycles. The molecule has 122 valence electrons. The first-order chi connectivity index (χ1) is 11.6. The summed E-state index contributed by atoms with van der Waals surface area (Å²) in [6.45, 7) is 0. The van der Waals surface area contributed by atoms with E-state index in [1.54, 1.807) is 36.5 Å². The summed E-state index contributed by atoms with van der Waals surface area (Å²) in [5, 5.41) is 7.18. The summed E-state index contributed by atoms with van der Waals surface area (Å²) < 4.78 is 19.7. The van der Waals surface area contributed by atoms with Gasteiger partial charge in [-0.1, -0.05) is 17.7 Å². The maximum absolute atomic E-state index is 13.3. The van der Waals surface area contributed by atoms with Crippen LogP contribution in [0.15, 0.2) is 54.7 Å². The second-order valence-corrected chi connectivity index (χ2v) is 5.33. The molecule has 0 bridgehead atoms. The molecule has 24 heavy (non-hydrogen) atoms. The SMILES string of the molecule is COc1ccc(NC(=O)c2ccn(-c3cccc(F)c3)n2)c(Cl)c1. The van der Waals surface area contributed by atoms with Gasteiger partial charge in [-0.15, -0.1) is 0 Å². The van der Waals surface area contributed by atoms with E-state index >= 15 is 0 Å². The number of carbonyl (C=O) groups is 1. The molecule has 0 radical (unpaired) electrons. The van der Waals surface area contributed by atoms with E-state index in [9.17, 15) is 9.18 Å². The molecule has 2 aromatic carbocycles. The van der Waals surface area contributed by atoms with Crippen molar-refractivity contribution in [1.82, 2.24) is 9.78 Å². The van der Waals surface area contributed by atoms with Crippen molar-refractivity contribution in [2.45, 2.75) is 0 Å². The Morgan fingerprint density at radius 2 is 2.08 bits per heavy atom. The number of halogens is 2. The zero-order valence-corrected chi connectivity index (χ0v) is 13.4. The van der Waals surface area contributed by atoms with Crippen molar-refractivity contribution < 1.29 is 13.9 Å². The Morgan fingerprint density at radius 1 is 1.25 bits per heavy atom. The van der Waals surface area contributed by atoms with Crippen LogP contribution in [0.4, 0.5) is 10.1 Å². The van der Waals surface area contributed by atoms with Gasteiger partial charge in [-0.2, -0.15) is 5.10 Å². The van der Waals surface area contributed by atoms with Gasteiger partial charge in [-0.3, -0.25) is 4.79 Å². The van der Waals surface area contributed by atoms with Crippen LogP contribution in [0.5, 0.6) is 5.75 Å². The largest absolute Gasteiger partial charge is 0.497 e. The Kier molecular flexibility index (Phi) is 4.48. The lowest BCUT2D eigenvalue weighted by Gasteiger charge is -2.07. The number of aromatic nitrogens is 2. The van der Waals surface area contributed by atoms with Gasteiger partial charge >= 0.3 is 0 Å². The van der Waals surface area contributed by atoms with Crippen molar-refractivity contribution in [3.63, 3.8) is 0 Å². The normalized spacial score (nSPS) is 10.5. The lowest BCUT2D eigenvalue weighted by Crippen LogP contribution is -2.13. The molecule has 0 saturated carbocycles. The van der Waals surface area contributed by atoms with Gasteiger partial charge in [0, 0.05) is 12.3 Å². The first kappa shape index (κ1) is 16.0. The average molecular weight is 346 g/mol. The topological polar surface area (TPSA) is 56.1 Å². The summed E-state index contributed by atoms with van der Waals surface area (Å²) in [7, 11) is 1.53. The molecule has 3 rings (SSSR count). The van der Waals surface area contributed by atoms with Crippen LogP contribution in [0.1, 0.15) is 10.5 Å². The van der Waals surface area contributed by atoms with E-state index in [4.69, 9.17) is 16.3 Å². The van der Waals surface area contributed by atoms with Gasteiger partial charge < -0.3 is 10.1 Å². The Labute approximate surface area is 142 Å². The molecule has 3 aromatic rings. The second kappa shape index (κ2) is 6.72. The third-order valence-corrected chi connectivity index (χ3v) is 3.63. The molecule has 0 aliphatic carbocycles. The molecule has 0 spiro atoms. The Balaban J connectivity index is 1.79. The summed E-state index contributed by atoms with van der Waals surface area (Å²) >= 11 is 6.10. The van der Waals surface area contributed by atoms with Crippen molar-refractivity contribution in [3.8, 4) is 11.4 Å². The van der Waals surface area contributed by atoms with Gasteiger partial charge in [0.1, 0.15) is 11.6 Å². The molecular formula is C17H13ClFN3O2. The first-order valence-corrected chi connectivity index (χ1v) is 7.41. The number of amides is 1. The van der Waals surface area contributed by atoms with Crippen molar-refractivity contribution in [2.75, 3.05) is 12.4 Å². The predicted molar refractivity (Wildman–Crippen MR) is 89.5 cm³/mol. The molecule has 0 unspecified atom stereocenters. The lowest BCUT2D eigenvalue weighted by atomic mass is 10.3. The maximum Gasteiger partial charge on any atom is 0.276 e. The number of ether oxygens (including phenoxy) is 1. The smallest absolute Gasteiger partial charge is 0.276 e. The quantitative estimate of drug-likeness (QED) is 0.779. The van der Waals surface area contributed by atoms with Crippen LogP contribution in [0, 0.1) is 5.82 Å². The van der Waals surface area contributed by atoms with Gasteiger partial charge in [0.25, 0.3) is 5.91 Å². The third kappa shape index (κ3) is 3.38. The summed E-state index contributed by atoms with van der Waals surface area (Å²) in [6.07, 6.45) is 1.58.